The number of aryl methyl sites for hydroxylation is 1. The number of β-amino-alcohol motifs (C(OH)–C–C–N with tert-alkyl or cyclic N) is 1. The van der Waals surface area contributed by atoms with E-state index in [1.807, 2.05) is 11.8 Å². The van der Waals surface area contributed by atoms with Crippen LogP contribution in [0.1, 0.15) is 42.9 Å². The number of nitrogens with zero attached hydrogens (tertiary/aromatic N) is 1. The maximum atomic E-state index is 12.9. The number of carbonyl (C=O) groups is 1. The molecule has 1 saturated heterocycles. The number of carboxylic acid groups (broad SMARTS) is 1. The molecule has 1 fully saturated rings. The molecule has 1 heterocycles. The first kappa shape index (κ1) is 19.7. The fourth-order valence-electron chi connectivity index (χ4n) is 3.53. The second kappa shape index (κ2) is 7.33. The molecule has 0 radical (unpaired) electrons. The van der Waals surface area contributed by atoms with Gasteiger partial charge in [-0.1, -0.05) is 19.4 Å². The molecule has 0 spiro atoms. The van der Waals surface area contributed by atoms with Crippen molar-refractivity contribution in [3.8, 4) is 0 Å². The quantitative estimate of drug-likeness (QED) is 0.845. The number of piperidine rings is 1. The first-order valence-corrected chi connectivity index (χ1v) is 8.40. The van der Waals surface area contributed by atoms with E-state index in [-0.39, 0.29) is 19.5 Å². The van der Waals surface area contributed by atoms with Crippen LogP contribution in [0.5, 0.6) is 0 Å². The average Bonchev–Trinajstić information content (AvgIpc) is 2.51. The van der Waals surface area contributed by atoms with Crippen LogP contribution in [0.25, 0.3) is 0 Å². The van der Waals surface area contributed by atoms with Crippen molar-refractivity contribution in [2.45, 2.75) is 51.9 Å². The summed E-state index contributed by atoms with van der Waals surface area (Å²) in [7, 11) is 0. The number of aliphatic carboxylic acids is 1. The summed E-state index contributed by atoms with van der Waals surface area (Å²) < 4.78 is 38.7. The minimum absolute atomic E-state index is 0.141. The van der Waals surface area contributed by atoms with E-state index in [1.54, 1.807) is 6.92 Å². The molecule has 0 unspecified atom stereocenters. The summed E-state index contributed by atoms with van der Waals surface area (Å²) in [6, 6.07) is 3.63. The van der Waals surface area contributed by atoms with Crippen molar-refractivity contribution in [3.63, 3.8) is 0 Å². The highest BCUT2D eigenvalue weighted by Gasteiger charge is 2.47. The average molecular weight is 359 g/mol. The number of aliphatic hydroxyl groups excluding tert-OH is 1. The molecule has 25 heavy (non-hydrogen) atoms. The van der Waals surface area contributed by atoms with E-state index >= 15 is 0 Å². The van der Waals surface area contributed by atoms with E-state index in [0.29, 0.717) is 24.9 Å². The smallest absolute Gasteiger partial charge is 0.416 e. The van der Waals surface area contributed by atoms with Crippen LogP contribution in [0.3, 0.4) is 0 Å². The Bertz CT molecular complexity index is 632. The normalized spacial score (nSPS) is 25.1. The number of hydrogen-bond donors (Lipinski definition) is 2. The number of rotatable bonds is 5. The third kappa shape index (κ3) is 4.15. The number of likely N-dealkylation sites (tertiary alicyclic amines) is 1. The highest BCUT2D eigenvalue weighted by molar-refractivity contribution is 5.75. The Balaban J connectivity index is 2.15. The molecule has 2 N–H and O–H groups in total. The third-order valence-corrected chi connectivity index (χ3v) is 5.14. The van der Waals surface area contributed by atoms with Crippen molar-refractivity contribution in [1.29, 1.82) is 0 Å². The van der Waals surface area contributed by atoms with Crippen molar-refractivity contribution in [3.05, 3.63) is 34.9 Å². The zero-order valence-electron chi connectivity index (χ0n) is 14.4. The molecule has 4 nitrogen and oxygen atoms in total. The van der Waals surface area contributed by atoms with Gasteiger partial charge >= 0.3 is 12.1 Å². The fourth-order valence-corrected chi connectivity index (χ4v) is 3.53. The number of hydrogen-bond acceptors (Lipinski definition) is 3. The van der Waals surface area contributed by atoms with E-state index in [4.69, 9.17) is 0 Å². The van der Waals surface area contributed by atoms with Gasteiger partial charge in [0.15, 0.2) is 0 Å². The van der Waals surface area contributed by atoms with Crippen LogP contribution >= 0.6 is 0 Å². The third-order valence-electron chi connectivity index (χ3n) is 5.14. The molecule has 0 aromatic heterocycles. The predicted octanol–water partition coefficient (Wildman–Crippen LogP) is 3.45. The summed E-state index contributed by atoms with van der Waals surface area (Å²) in [6.45, 7) is 4.44. The molecular weight excluding hydrogens is 335 g/mol. The van der Waals surface area contributed by atoms with Crippen LogP contribution < -0.4 is 0 Å². The SMILES string of the molecule is CCC[C@]1(C(=O)O)CCN(Cc2cc(C(F)(F)F)ccc2C)C[C@@H]1O. The molecule has 1 aliphatic heterocycles. The lowest BCUT2D eigenvalue weighted by molar-refractivity contribution is -0.164. The van der Waals surface area contributed by atoms with Gasteiger partial charge in [-0.3, -0.25) is 9.69 Å². The highest BCUT2D eigenvalue weighted by Crippen LogP contribution is 2.38. The molecule has 1 aromatic rings. The zero-order chi connectivity index (χ0) is 18.8. The topological polar surface area (TPSA) is 60.8 Å². The molecule has 1 aliphatic rings. The van der Waals surface area contributed by atoms with Crippen molar-refractivity contribution < 1.29 is 28.2 Å². The van der Waals surface area contributed by atoms with Gasteiger partial charge in [0.05, 0.1) is 17.1 Å². The minimum atomic E-state index is -4.40. The number of benzene rings is 1. The second-order valence-corrected chi connectivity index (χ2v) is 6.85. The molecule has 1 aromatic carbocycles. The first-order chi connectivity index (χ1) is 11.6. The number of alkyl halides is 3. The van der Waals surface area contributed by atoms with Crippen LogP contribution in [0.2, 0.25) is 0 Å². The zero-order valence-corrected chi connectivity index (χ0v) is 14.4. The molecule has 7 heteroatoms. The fraction of sp³-hybridized carbons (Fsp3) is 0.611. The summed E-state index contributed by atoms with van der Waals surface area (Å²) in [5, 5.41) is 20.0. The van der Waals surface area contributed by atoms with Gasteiger partial charge in [-0.25, -0.2) is 0 Å². The maximum Gasteiger partial charge on any atom is 0.416 e. The van der Waals surface area contributed by atoms with Gasteiger partial charge in [-0.2, -0.15) is 13.2 Å². The van der Waals surface area contributed by atoms with Crippen molar-refractivity contribution in [2.24, 2.45) is 5.41 Å². The lowest BCUT2D eigenvalue weighted by Gasteiger charge is -2.43. The van der Waals surface area contributed by atoms with Gasteiger partial charge in [-0.15, -0.1) is 0 Å². The molecule has 0 saturated carbocycles. The van der Waals surface area contributed by atoms with Crippen LogP contribution in [0.15, 0.2) is 18.2 Å². The Labute approximate surface area is 145 Å². The van der Waals surface area contributed by atoms with Gasteiger partial charge in [0.25, 0.3) is 0 Å². The van der Waals surface area contributed by atoms with Crippen LogP contribution in [0, 0.1) is 12.3 Å². The maximum absolute atomic E-state index is 12.9. The summed E-state index contributed by atoms with van der Waals surface area (Å²) in [5.74, 6) is -1.00. The van der Waals surface area contributed by atoms with Crippen LogP contribution in [0.4, 0.5) is 13.2 Å². The highest BCUT2D eigenvalue weighted by atomic mass is 19.4. The minimum Gasteiger partial charge on any atom is -0.481 e. The molecule has 0 aliphatic carbocycles. The molecule has 2 atom stereocenters. The molecule has 0 bridgehead atoms. The molecular formula is C18H24F3NO3. The van der Waals surface area contributed by atoms with Crippen molar-refractivity contribution in [2.75, 3.05) is 13.1 Å². The summed E-state index contributed by atoms with van der Waals surface area (Å²) in [6.07, 6.45) is -4.11. The lowest BCUT2D eigenvalue weighted by Crippen LogP contribution is -2.54. The van der Waals surface area contributed by atoms with E-state index in [1.165, 1.54) is 6.07 Å². The van der Waals surface area contributed by atoms with Gasteiger partial charge in [0.1, 0.15) is 0 Å². The Hall–Kier alpha value is -1.60. The first-order valence-electron chi connectivity index (χ1n) is 8.40. The number of aliphatic hydroxyl groups is 1. The van der Waals surface area contributed by atoms with Gasteiger partial charge in [-0.05, 0) is 49.6 Å². The van der Waals surface area contributed by atoms with E-state index in [2.05, 4.69) is 0 Å². The number of carboxylic acids is 1. The van der Waals surface area contributed by atoms with Gasteiger partial charge in [0, 0.05) is 13.1 Å². The largest absolute Gasteiger partial charge is 0.481 e. The second-order valence-electron chi connectivity index (χ2n) is 6.85. The molecule has 0 amide bonds. The Morgan fingerprint density at radius 2 is 2.08 bits per heavy atom. The van der Waals surface area contributed by atoms with E-state index in [0.717, 1.165) is 17.7 Å². The van der Waals surface area contributed by atoms with Crippen molar-refractivity contribution in [1.82, 2.24) is 4.90 Å². The summed E-state index contributed by atoms with van der Waals surface area (Å²) >= 11 is 0. The lowest BCUT2D eigenvalue weighted by atomic mass is 9.72. The Morgan fingerprint density at radius 3 is 2.60 bits per heavy atom. The van der Waals surface area contributed by atoms with E-state index in [9.17, 15) is 28.2 Å². The van der Waals surface area contributed by atoms with Gasteiger partial charge in [0.2, 0.25) is 0 Å². The summed E-state index contributed by atoms with van der Waals surface area (Å²) in [5.41, 5.74) is -0.573. The predicted molar refractivity (Wildman–Crippen MR) is 87.1 cm³/mol. The van der Waals surface area contributed by atoms with Crippen molar-refractivity contribution >= 4 is 5.97 Å². The monoisotopic (exact) mass is 359 g/mol. The van der Waals surface area contributed by atoms with Crippen LogP contribution in [-0.2, 0) is 17.5 Å². The molecule has 2 rings (SSSR count). The van der Waals surface area contributed by atoms with E-state index < -0.39 is 29.2 Å². The number of halogens is 3. The molecule has 140 valence electrons. The van der Waals surface area contributed by atoms with Gasteiger partial charge < -0.3 is 10.2 Å². The Morgan fingerprint density at radius 1 is 1.40 bits per heavy atom. The summed E-state index contributed by atoms with van der Waals surface area (Å²) in [4.78, 5) is 13.5. The standard InChI is InChI=1S/C18H24F3NO3/c1-3-6-17(16(24)25)7-8-22(11-15(17)23)10-13-9-14(18(19,20)21)5-4-12(13)2/h4-5,9,15,23H,3,6-8,10-11H2,1-2H3,(H,24,25)/t15-,17-/m0/s1. The Kier molecular flexibility index (Phi) is 5.79. The van der Waals surface area contributed by atoms with Crippen LogP contribution in [-0.4, -0.2) is 40.3 Å².